The van der Waals surface area contributed by atoms with Gasteiger partial charge in [0.05, 0.1) is 20.5 Å². The quantitative estimate of drug-likeness (QED) is 0.341. The Morgan fingerprint density at radius 2 is 2.04 bits per heavy atom. The first-order valence-electron chi connectivity index (χ1n) is 7.06. The van der Waals surface area contributed by atoms with Gasteiger partial charge in [-0.2, -0.15) is 0 Å². The highest BCUT2D eigenvalue weighted by molar-refractivity contribution is 6.36. The van der Waals surface area contributed by atoms with Crippen molar-refractivity contribution in [3.05, 3.63) is 56.2 Å². The first-order chi connectivity index (χ1) is 12.2. The Bertz CT molecular complexity index is 890. The van der Waals surface area contributed by atoms with Gasteiger partial charge in [0.15, 0.2) is 11.9 Å². The number of anilines is 2. The minimum atomic E-state index is -1.22. The Labute approximate surface area is 157 Å². The van der Waals surface area contributed by atoms with Crippen LogP contribution in [0.4, 0.5) is 17.2 Å². The lowest BCUT2D eigenvalue weighted by Gasteiger charge is -2.14. The molecule has 2 aromatic rings. The Hall–Kier alpha value is -2.91. The van der Waals surface area contributed by atoms with Crippen LogP contribution in [0.1, 0.15) is 17.3 Å². The standard InChI is InChI=1S/C15H12Cl2N4O5/c1-7(14(22)20-13-10(17)5-9(16)6-19-13)26-15(23)8-2-3-11(18)12(4-8)21(24)25/h2-7H,18H2,1H3,(H,19,20,22)/t7-/m0/s1. The lowest BCUT2D eigenvalue weighted by molar-refractivity contribution is -0.383. The number of nitrogens with one attached hydrogen (secondary N) is 1. The largest absolute Gasteiger partial charge is 0.449 e. The van der Waals surface area contributed by atoms with Crippen molar-refractivity contribution in [2.24, 2.45) is 0 Å². The molecule has 0 unspecified atom stereocenters. The third-order valence-corrected chi connectivity index (χ3v) is 3.66. The van der Waals surface area contributed by atoms with Crippen molar-refractivity contribution in [2.75, 3.05) is 11.1 Å². The van der Waals surface area contributed by atoms with Gasteiger partial charge >= 0.3 is 5.97 Å². The average Bonchev–Trinajstić information content (AvgIpc) is 2.57. The Morgan fingerprint density at radius 3 is 2.65 bits per heavy atom. The molecule has 1 heterocycles. The van der Waals surface area contributed by atoms with E-state index in [1.54, 1.807) is 0 Å². The van der Waals surface area contributed by atoms with Gasteiger partial charge in [-0.3, -0.25) is 14.9 Å². The molecule has 0 spiro atoms. The third-order valence-electron chi connectivity index (χ3n) is 3.17. The van der Waals surface area contributed by atoms with E-state index in [-0.39, 0.29) is 27.1 Å². The maximum absolute atomic E-state index is 12.1. The summed E-state index contributed by atoms with van der Waals surface area (Å²) in [6, 6.07) is 4.82. The number of nitrogens with zero attached hydrogens (tertiary/aromatic N) is 2. The summed E-state index contributed by atoms with van der Waals surface area (Å²) in [5.74, 6) is -1.57. The van der Waals surface area contributed by atoms with Gasteiger partial charge in [-0.25, -0.2) is 9.78 Å². The summed E-state index contributed by atoms with van der Waals surface area (Å²) in [5, 5.41) is 13.7. The minimum absolute atomic E-state index is 0.0482. The molecule has 1 aromatic carbocycles. The number of nitrogen functional groups attached to an aromatic ring is 1. The van der Waals surface area contributed by atoms with Crippen LogP contribution in [0.2, 0.25) is 10.0 Å². The normalized spacial score (nSPS) is 11.5. The van der Waals surface area contributed by atoms with E-state index in [9.17, 15) is 19.7 Å². The third kappa shape index (κ3) is 4.58. The fraction of sp³-hybridized carbons (Fsp3) is 0.133. The van der Waals surface area contributed by atoms with E-state index in [0.29, 0.717) is 0 Å². The average molecular weight is 399 g/mol. The van der Waals surface area contributed by atoms with E-state index in [1.165, 1.54) is 31.3 Å². The Kier molecular flexibility index (Phi) is 5.96. The number of aromatic nitrogens is 1. The van der Waals surface area contributed by atoms with Crippen molar-refractivity contribution in [3.63, 3.8) is 0 Å². The number of esters is 1. The van der Waals surface area contributed by atoms with Crippen molar-refractivity contribution >= 4 is 52.3 Å². The molecule has 0 saturated heterocycles. The fourth-order valence-corrected chi connectivity index (χ4v) is 2.26. The van der Waals surface area contributed by atoms with Gasteiger partial charge in [0.2, 0.25) is 0 Å². The van der Waals surface area contributed by atoms with Crippen LogP contribution in [-0.4, -0.2) is 27.9 Å². The van der Waals surface area contributed by atoms with Crippen molar-refractivity contribution < 1.29 is 19.2 Å². The van der Waals surface area contributed by atoms with Crippen molar-refractivity contribution in [1.29, 1.82) is 0 Å². The number of nitrogens with two attached hydrogens (primary N) is 1. The number of hydrogen-bond acceptors (Lipinski definition) is 7. The van der Waals surface area contributed by atoms with Crippen LogP contribution < -0.4 is 11.1 Å². The van der Waals surface area contributed by atoms with Gasteiger partial charge in [-0.1, -0.05) is 23.2 Å². The number of hydrogen-bond donors (Lipinski definition) is 2. The van der Waals surface area contributed by atoms with Gasteiger partial charge in [-0.15, -0.1) is 0 Å². The number of amides is 1. The van der Waals surface area contributed by atoms with Crippen LogP contribution in [0, 0.1) is 10.1 Å². The van der Waals surface area contributed by atoms with Crippen LogP contribution >= 0.6 is 23.2 Å². The van der Waals surface area contributed by atoms with E-state index >= 15 is 0 Å². The summed E-state index contributed by atoms with van der Waals surface area (Å²) in [5.41, 5.74) is 4.81. The molecular weight excluding hydrogens is 387 g/mol. The van der Waals surface area contributed by atoms with E-state index in [1.807, 2.05) is 0 Å². The molecule has 0 saturated carbocycles. The summed E-state index contributed by atoms with van der Waals surface area (Å²) >= 11 is 11.6. The molecule has 1 atom stereocenters. The van der Waals surface area contributed by atoms with Gasteiger partial charge < -0.3 is 15.8 Å². The number of halogens is 2. The molecule has 26 heavy (non-hydrogen) atoms. The second-order valence-electron chi connectivity index (χ2n) is 5.05. The lowest BCUT2D eigenvalue weighted by Crippen LogP contribution is -2.30. The molecule has 3 N–H and O–H groups in total. The summed E-state index contributed by atoms with van der Waals surface area (Å²) < 4.78 is 5.00. The molecule has 0 aliphatic heterocycles. The van der Waals surface area contributed by atoms with Gasteiger partial charge in [0.1, 0.15) is 5.69 Å². The molecule has 1 amide bonds. The molecule has 1 aromatic heterocycles. The number of nitro benzene ring substituents is 1. The molecule has 0 aliphatic carbocycles. The number of pyridine rings is 1. The second-order valence-corrected chi connectivity index (χ2v) is 5.90. The summed E-state index contributed by atoms with van der Waals surface area (Å²) in [7, 11) is 0. The predicted molar refractivity (Wildman–Crippen MR) is 95.3 cm³/mol. The van der Waals surface area contributed by atoms with Gasteiger partial charge in [0, 0.05) is 12.3 Å². The molecule has 0 bridgehead atoms. The predicted octanol–water partition coefficient (Wildman–Crippen LogP) is 3.06. The van der Waals surface area contributed by atoms with Crippen LogP contribution in [0.15, 0.2) is 30.5 Å². The highest BCUT2D eigenvalue weighted by atomic mass is 35.5. The Balaban J connectivity index is 2.07. The zero-order chi connectivity index (χ0) is 19.4. The van der Waals surface area contributed by atoms with Crippen molar-refractivity contribution in [2.45, 2.75) is 13.0 Å². The molecule has 11 heteroatoms. The van der Waals surface area contributed by atoms with Gasteiger partial charge in [0.25, 0.3) is 11.6 Å². The van der Waals surface area contributed by atoms with Crippen molar-refractivity contribution in [1.82, 2.24) is 4.98 Å². The summed E-state index contributed by atoms with van der Waals surface area (Å²) in [4.78, 5) is 38.2. The first-order valence-corrected chi connectivity index (χ1v) is 7.81. The summed E-state index contributed by atoms with van der Waals surface area (Å²) in [6.45, 7) is 1.32. The number of carbonyl (C=O) groups is 2. The second kappa shape index (κ2) is 7.98. The van der Waals surface area contributed by atoms with Crippen LogP contribution in [-0.2, 0) is 9.53 Å². The van der Waals surface area contributed by atoms with E-state index in [0.717, 1.165) is 6.07 Å². The summed E-state index contributed by atoms with van der Waals surface area (Å²) in [6.07, 6.45) is 0.0698. The van der Waals surface area contributed by atoms with Crippen molar-refractivity contribution in [3.8, 4) is 0 Å². The maximum Gasteiger partial charge on any atom is 0.339 e. The highest BCUT2D eigenvalue weighted by Gasteiger charge is 2.22. The molecule has 9 nitrogen and oxygen atoms in total. The van der Waals surface area contributed by atoms with Crippen LogP contribution in [0.25, 0.3) is 0 Å². The fourth-order valence-electron chi connectivity index (χ4n) is 1.84. The molecular formula is C15H12Cl2N4O5. The maximum atomic E-state index is 12.1. The van der Waals surface area contributed by atoms with Gasteiger partial charge in [-0.05, 0) is 25.1 Å². The molecule has 0 aliphatic rings. The highest BCUT2D eigenvalue weighted by Crippen LogP contribution is 2.24. The number of ether oxygens (including phenoxy) is 1. The van der Waals surface area contributed by atoms with Crippen LogP contribution in [0.3, 0.4) is 0 Å². The number of carbonyl (C=O) groups excluding carboxylic acids is 2. The topological polar surface area (TPSA) is 137 Å². The zero-order valence-corrected chi connectivity index (χ0v) is 14.7. The smallest absolute Gasteiger partial charge is 0.339 e. The lowest BCUT2D eigenvalue weighted by atomic mass is 10.2. The van der Waals surface area contributed by atoms with E-state index < -0.39 is 28.6 Å². The molecule has 0 radical (unpaired) electrons. The number of nitro groups is 1. The van der Waals surface area contributed by atoms with E-state index in [4.69, 9.17) is 33.7 Å². The Morgan fingerprint density at radius 1 is 1.35 bits per heavy atom. The molecule has 136 valence electrons. The molecule has 2 rings (SSSR count). The number of benzene rings is 1. The SMILES string of the molecule is C[C@H](OC(=O)c1ccc(N)c([N+](=O)[O-])c1)C(=O)Nc1ncc(Cl)cc1Cl. The van der Waals surface area contributed by atoms with E-state index in [2.05, 4.69) is 10.3 Å². The van der Waals surface area contributed by atoms with Crippen LogP contribution in [0.5, 0.6) is 0 Å². The first kappa shape index (κ1) is 19.4. The minimum Gasteiger partial charge on any atom is -0.449 e. The molecule has 0 fully saturated rings. The number of rotatable bonds is 5. The zero-order valence-electron chi connectivity index (χ0n) is 13.2. The monoisotopic (exact) mass is 398 g/mol.